The Morgan fingerprint density at radius 3 is 1.67 bits per heavy atom. The van der Waals surface area contributed by atoms with E-state index in [1.165, 1.54) is 0 Å². The molecule has 0 N–H and O–H groups in total. The van der Waals surface area contributed by atoms with Gasteiger partial charge in [0.05, 0.1) is 5.83 Å². The average Bonchev–Trinajstić information content (AvgIpc) is 2.08. The summed E-state index contributed by atoms with van der Waals surface area (Å²) in [5.74, 6) is -0.211. The van der Waals surface area contributed by atoms with Crippen LogP contribution in [0.5, 0.6) is 0 Å². The van der Waals surface area contributed by atoms with Crippen molar-refractivity contribution < 1.29 is 4.39 Å². The Kier molecular flexibility index (Phi) is 32.7. The highest BCUT2D eigenvalue weighted by Gasteiger charge is 1.81. The summed E-state index contributed by atoms with van der Waals surface area (Å²) in [7, 11) is 0. The van der Waals surface area contributed by atoms with Crippen LogP contribution in [0.2, 0.25) is 0 Å². The van der Waals surface area contributed by atoms with Gasteiger partial charge in [-0.25, -0.2) is 4.39 Å². The molecular formula is C11H23F. The minimum atomic E-state index is -0.211. The molecule has 0 spiro atoms. The molecule has 0 amide bonds. The summed E-state index contributed by atoms with van der Waals surface area (Å²) in [5.41, 5.74) is 0. The number of hydrogen-bond acceptors (Lipinski definition) is 0. The highest BCUT2D eigenvalue weighted by atomic mass is 19.1. The Labute approximate surface area is 77.2 Å². The van der Waals surface area contributed by atoms with Crippen molar-refractivity contribution in [3.8, 4) is 0 Å². The molecule has 0 rings (SSSR count). The summed E-state index contributed by atoms with van der Waals surface area (Å²) in [5, 5.41) is 0. The number of rotatable bonds is 3. The van der Waals surface area contributed by atoms with Crippen LogP contribution in [0.25, 0.3) is 0 Å². The zero-order chi connectivity index (χ0) is 10.4. The van der Waals surface area contributed by atoms with E-state index in [0.29, 0.717) is 6.42 Å². The molecule has 0 aliphatic heterocycles. The lowest BCUT2D eigenvalue weighted by Gasteiger charge is -1.82. The molecule has 0 saturated heterocycles. The van der Waals surface area contributed by atoms with Crippen LogP contribution < -0.4 is 0 Å². The molecular weight excluding hydrogens is 151 g/mol. The minimum absolute atomic E-state index is 0.211. The highest BCUT2D eigenvalue weighted by Crippen LogP contribution is 1.99. The molecule has 0 atom stereocenters. The molecule has 0 fully saturated rings. The summed E-state index contributed by atoms with van der Waals surface area (Å²) >= 11 is 0. The second kappa shape index (κ2) is 22.4. The smallest absolute Gasteiger partial charge is 0.0927 e. The van der Waals surface area contributed by atoms with Crippen molar-refractivity contribution in [3.05, 3.63) is 25.1 Å². The largest absolute Gasteiger partial charge is 0.212 e. The molecule has 0 bridgehead atoms. The molecule has 0 aromatic heterocycles. The van der Waals surface area contributed by atoms with Crippen LogP contribution in [-0.4, -0.2) is 0 Å². The maximum absolute atomic E-state index is 11.5. The van der Waals surface area contributed by atoms with Crippen molar-refractivity contribution in [2.24, 2.45) is 0 Å². The summed E-state index contributed by atoms with van der Waals surface area (Å²) in [6.45, 7) is 14.5. The lowest BCUT2D eigenvalue weighted by molar-refractivity contribution is 0.588. The third-order valence-corrected chi connectivity index (χ3v) is 0.810. The molecule has 0 radical (unpaired) electrons. The SMILES string of the molecule is C=C(F)CCC.C=CCC.CC. The lowest BCUT2D eigenvalue weighted by atomic mass is 10.3. The van der Waals surface area contributed by atoms with Crippen LogP contribution >= 0.6 is 0 Å². The topological polar surface area (TPSA) is 0 Å². The van der Waals surface area contributed by atoms with Crippen molar-refractivity contribution in [1.82, 2.24) is 0 Å². The molecule has 74 valence electrons. The van der Waals surface area contributed by atoms with Gasteiger partial charge in [-0.1, -0.05) is 40.3 Å². The lowest BCUT2D eigenvalue weighted by Crippen LogP contribution is -1.64. The van der Waals surface area contributed by atoms with Gasteiger partial charge in [-0.3, -0.25) is 0 Å². The van der Waals surface area contributed by atoms with Gasteiger partial charge in [0.15, 0.2) is 0 Å². The van der Waals surface area contributed by atoms with E-state index < -0.39 is 0 Å². The quantitative estimate of drug-likeness (QED) is 0.535. The highest BCUT2D eigenvalue weighted by molar-refractivity contribution is 4.77. The van der Waals surface area contributed by atoms with Gasteiger partial charge in [0.25, 0.3) is 0 Å². The fourth-order valence-electron chi connectivity index (χ4n) is 0.271. The summed E-state index contributed by atoms with van der Waals surface area (Å²) < 4.78 is 11.5. The van der Waals surface area contributed by atoms with Gasteiger partial charge in [0, 0.05) is 0 Å². The molecule has 0 aliphatic rings. The number of halogens is 1. The summed E-state index contributed by atoms with van der Waals surface area (Å²) in [4.78, 5) is 0. The molecule has 0 unspecified atom stereocenters. The predicted molar refractivity (Wildman–Crippen MR) is 57.0 cm³/mol. The van der Waals surface area contributed by atoms with Gasteiger partial charge in [-0.15, -0.1) is 6.58 Å². The first kappa shape index (κ1) is 17.5. The van der Waals surface area contributed by atoms with Crippen molar-refractivity contribution in [2.45, 2.75) is 47.0 Å². The zero-order valence-electron chi connectivity index (χ0n) is 8.99. The monoisotopic (exact) mass is 174 g/mol. The van der Waals surface area contributed by atoms with Gasteiger partial charge in [-0.05, 0) is 19.3 Å². The van der Waals surface area contributed by atoms with E-state index in [1.807, 2.05) is 26.8 Å². The van der Waals surface area contributed by atoms with Crippen molar-refractivity contribution in [2.75, 3.05) is 0 Å². The zero-order valence-corrected chi connectivity index (χ0v) is 8.99. The maximum Gasteiger partial charge on any atom is 0.0927 e. The molecule has 0 nitrogen and oxygen atoms in total. The Balaban J connectivity index is -0.000000118. The Morgan fingerprint density at radius 2 is 1.67 bits per heavy atom. The van der Waals surface area contributed by atoms with Crippen LogP contribution in [0.15, 0.2) is 25.1 Å². The van der Waals surface area contributed by atoms with E-state index in [1.54, 1.807) is 0 Å². The first-order valence-corrected chi connectivity index (χ1v) is 4.63. The first-order valence-electron chi connectivity index (χ1n) is 4.63. The van der Waals surface area contributed by atoms with Gasteiger partial charge >= 0.3 is 0 Å². The van der Waals surface area contributed by atoms with Crippen LogP contribution in [0.4, 0.5) is 4.39 Å². The third kappa shape index (κ3) is 57.2. The minimum Gasteiger partial charge on any atom is -0.212 e. The fraction of sp³-hybridized carbons (Fsp3) is 0.636. The molecule has 0 aromatic carbocycles. The van der Waals surface area contributed by atoms with E-state index in [2.05, 4.69) is 20.1 Å². The van der Waals surface area contributed by atoms with E-state index >= 15 is 0 Å². The number of allylic oxidation sites excluding steroid dienone is 2. The molecule has 0 heterocycles. The van der Waals surface area contributed by atoms with Crippen molar-refractivity contribution >= 4 is 0 Å². The Hall–Kier alpha value is -0.590. The van der Waals surface area contributed by atoms with Crippen molar-refractivity contribution in [3.63, 3.8) is 0 Å². The first-order chi connectivity index (χ1) is 5.68. The van der Waals surface area contributed by atoms with Crippen molar-refractivity contribution in [1.29, 1.82) is 0 Å². The standard InChI is InChI=1S/C5H9F.C4H8.C2H6/c1-3-4-5(2)6;1-3-4-2;1-2/h2-4H2,1H3;3H,1,4H2,2H3;1-2H3. The van der Waals surface area contributed by atoms with Crippen LogP contribution in [0, 0.1) is 0 Å². The van der Waals surface area contributed by atoms with Crippen LogP contribution in [0.1, 0.15) is 47.0 Å². The average molecular weight is 174 g/mol. The van der Waals surface area contributed by atoms with Crippen LogP contribution in [-0.2, 0) is 0 Å². The second-order valence-electron chi connectivity index (χ2n) is 1.96. The van der Waals surface area contributed by atoms with E-state index in [0.717, 1.165) is 12.8 Å². The molecule has 0 aliphatic carbocycles. The third-order valence-electron chi connectivity index (χ3n) is 0.810. The van der Waals surface area contributed by atoms with Gasteiger partial charge in [0.2, 0.25) is 0 Å². The molecule has 0 aromatic rings. The van der Waals surface area contributed by atoms with E-state index in [9.17, 15) is 4.39 Å². The Morgan fingerprint density at radius 1 is 1.33 bits per heavy atom. The molecule has 1 heteroatoms. The normalized spacial score (nSPS) is 6.75. The van der Waals surface area contributed by atoms with Gasteiger partial charge in [-0.2, -0.15) is 0 Å². The predicted octanol–water partition coefficient (Wildman–Crippen LogP) is 4.88. The van der Waals surface area contributed by atoms with Gasteiger partial charge < -0.3 is 0 Å². The summed E-state index contributed by atoms with van der Waals surface area (Å²) in [6.07, 6.45) is 4.33. The van der Waals surface area contributed by atoms with Gasteiger partial charge in [0.1, 0.15) is 0 Å². The summed E-state index contributed by atoms with van der Waals surface area (Å²) in [6, 6.07) is 0. The van der Waals surface area contributed by atoms with Crippen LogP contribution in [0.3, 0.4) is 0 Å². The van der Waals surface area contributed by atoms with E-state index in [-0.39, 0.29) is 5.83 Å². The molecule has 12 heavy (non-hydrogen) atoms. The fourth-order valence-corrected chi connectivity index (χ4v) is 0.271. The van der Waals surface area contributed by atoms with E-state index in [4.69, 9.17) is 0 Å². The maximum atomic E-state index is 11.5. The Bertz CT molecular complexity index is 85.0. The molecule has 0 saturated carbocycles. The number of hydrogen-bond donors (Lipinski definition) is 0. The second-order valence-corrected chi connectivity index (χ2v) is 1.96.